The van der Waals surface area contributed by atoms with Gasteiger partial charge in [0.1, 0.15) is 6.29 Å². The molecule has 0 aromatic heterocycles. The molecule has 1 fully saturated rings. The summed E-state index contributed by atoms with van der Waals surface area (Å²) in [5.41, 5.74) is 0. The van der Waals surface area contributed by atoms with Crippen molar-refractivity contribution in [2.75, 3.05) is 19.7 Å². The van der Waals surface area contributed by atoms with Gasteiger partial charge in [0.15, 0.2) is 0 Å². The second-order valence-electron chi connectivity index (χ2n) is 3.87. The molecule has 0 aromatic rings. The highest BCUT2D eigenvalue weighted by atomic mass is 16.6. The van der Waals surface area contributed by atoms with E-state index in [4.69, 9.17) is 4.74 Å². The van der Waals surface area contributed by atoms with E-state index < -0.39 is 0 Å². The number of hydrogen-bond acceptors (Lipinski definition) is 3. The van der Waals surface area contributed by atoms with Gasteiger partial charge in [0, 0.05) is 19.5 Å². The lowest BCUT2D eigenvalue weighted by Gasteiger charge is -2.30. The Bertz CT molecular complexity index is 210. The van der Waals surface area contributed by atoms with Gasteiger partial charge in [-0.3, -0.25) is 0 Å². The number of aldehydes is 1. The van der Waals surface area contributed by atoms with Crippen molar-refractivity contribution < 1.29 is 14.3 Å². The lowest BCUT2D eigenvalue weighted by Crippen LogP contribution is -2.38. The molecule has 0 saturated carbocycles. The number of hydrogen-bond donors (Lipinski definition) is 0. The Morgan fingerprint density at radius 3 is 2.67 bits per heavy atom. The van der Waals surface area contributed by atoms with Crippen LogP contribution in [0.15, 0.2) is 0 Å². The topological polar surface area (TPSA) is 46.6 Å². The molecule has 1 saturated heterocycles. The molecule has 0 unspecified atom stereocenters. The summed E-state index contributed by atoms with van der Waals surface area (Å²) >= 11 is 0. The van der Waals surface area contributed by atoms with Crippen LogP contribution in [0.4, 0.5) is 4.79 Å². The number of nitrogens with zero attached hydrogens (tertiary/aromatic N) is 1. The first-order chi connectivity index (χ1) is 7.27. The summed E-state index contributed by atoms with van der Waals surface area (Å²) in [5, 5.41) is 0. The van der Waals surface area contributed by atoms with Crippen molar-refractivity contribution in [3.05, 3.63) is 0 Å². The van der Waals surface area contributed by atoms with Gasteiger partial charge in [-0.15, -0.1) is 0 Å². The van der Waals surface area contributed by atoms with Crippen molar-refractivity contribution in [3.8, 4) is 0 Å². The Balaban J connectivity index is 2.23. The standard InChI is InChI=1S/C11H19NO3/c1-2-15-11(14)12-7-5-10(6-8-12)4-3-9-13/h9-10H,2-8H2,1H3. The Morgan fingerprint density at radius 1 is 1.47 bits per heavy atom. The van der Waals surface area contributed by atoms with Gasteiger partial charge < -0.3 is 14.4 Å². The van der Waals surface area contributed by atoms with Gasteiger partial charge in [0.2, 0.25) is 0 Å². The number of carbonyl (C=O) groups is 2. The molecule has 1 rings (SSSR count). The molecule has 0 bridgehead atoms. The minimum Gasteiger partial charge on any atom is -0.450 e. The highest BCUT2D eigenvalue weighted by Gasteiger charge is 2.22. The van der Waals surface area contributed by atoms with E-state index in [0.717, 1.165) is 38.6 Å². The Morgan fingerprint density at radius 2 is 2.13 bits per heavy atom. The monoisotopic (exact) mass is 213 g/mol. The molecular weight excluding hydrogens is 194 g/mol. The average molecular weight is 213 g/mol. The first kappa shape index (κ1) is 12.0. The summed E-state index contributed by atoms with van der Waals surface area (Å²) in [6, 6.07) is 0. The number of piperidine rings is 1. The zero-order valence-electron chi connectivity index (χ0n) is 9.28. The first-order valence-corrected chi connectivity index (χ1v) is 5.63. The Hall–Kier alpha value is -1.06. The molecule has 86 valence electrons. The van der Waals surface area contributed by atoms with Gasteiger partial charge in [0.05, 0.1) is 6.61 Å². The molecule has 0 aliphatic carbocycles. The van der Waals surface area contributed by atoms with Crippen molar-refractivity contribution in [2.24, 2.45) is 5.92 Å². The van der Waals surface area contributed by atoms with Crippen LogP contribution in [0, 0.1) is 5.92 Å². The molecule has 1 heterocycles. The number of likely N-dealkylation sites (tertiary alicyclic amines) is 1. The summed E-state index contributed by atoms with van der Waals surface area (Å²) in [6.45, 7) is 3.78. The van der Waals surface area contributed by atoms with Crippen molar-refractivity contribution in [2.45, 2.75) is 32.6 Å². The van der Waals surface area contributed by atoms with E-state index in [9.17, 15) is 9.59 Å². The van der Waals surface area contributed by atoms with Crippen LogP contribution in [-0.2, 0) is 9.53 Å². The van der Waals surface area contributed by atoms with Crippen molar-refractivity contribution >= 4 is 12.4 Å². The predicted octanol–water partition coefficient (Wildman–Crippen LogP) is 1.83. The van der Waals surface area contributed by atoms with Gasteiger partial charge in [-0.1, -0.05) is 0 Å². The fraction of sp³-hybridized carbons (Fsp3) is 0.818. The van der Waals surface area contributed by atoms with E-state index in [1.54, 1.807) is 4.90 Å². The third kappa shape index (κ3) is 3.90. The molecule has 0 N–H and O–H groups in total. The fourth-order valence-electron chi connectivity index (χ4n) is 1.92. The molecule has 0 radical (unpaired) electrons. The van der Waals surface area contributed by atoms with Crippen LogP contribution < -0.4 is 0 Å². The SMILES string of the molecule is CCOC(=O)N1CCC(CCC=O)CC1. The molecule has 0 spiro atoms. The first-order valence-electron chi connectivity index (χ1n) is 5.63. The number of ether oxygens (including phenoxy) is 1. The van der Waals surface area contributed by atoms with E-state index >= 15 is 0 Å². The maximum Gasteiger partial charge on any atom is 0.409 e. The molecule has 1 amide bonds. The highest BCUT2D eigenvalue weighted by Crippen LogP contribution is 2.21. The lowest BCUT2D eigenvalue weighted by atomic mass is 9.93. The second-order valence-corrected chi connectivity index (χ2v) is 3.87. The van der Waals surface area contributed by atoms with Crippen LogP contribution in [0.25, 0.3) is 0 Å². The van der Waals surface area contributed by atoms with Gasteiger partial charge >= 0.3 is 6.09 Å². The summed E-state index contributed by atoms with van der Waals surface area (Å²) in [4.78, 5) is 23.3. The lowest BCUT2D eigenvalue weighted by molar-refractivity contribution is -0.108. The fourth-order valence-corrected chi connectivity index (χ4v) is 1.92. The number of carbonyl (C=O) groups excluding carboxylic acids is 2. The maximum absolute atomic E-state index is 11.4. The third-order valence-corrected chi connectivity index (χ3v) is 2.83. The van der Waals surface area contributed by atoms with E-state index in [2.05, 4.69) is 0 Å². The van der Waals surface area contributed by atoms with Crippen molar-refractivity contribution in [1.29, 1.82) is 0 Å². The van der Waals surface area contributed by atoms with Crippen LogP contribution in [0.3, 0.4) is 0 Å². The maximum atomic E-state index is 11.4. The van der Waals surface area contributed by atoms with E-state index in [1.165, 1.54) is 0 Å². The molecule has 0 aromatic carbocycles. The molecule has 15 heavy (non-hydrogen) atoms. The van der Waals surface area contributed by atoms with Gasteiger partial charge in [-0.25, -0.2) is 4.79 Å². The minimum absolute atomic E-state index is 0.202. The summed E-state index contributed by atoms with van der Waals surface area (Å²) < 4.78 is 4.93. The van der Waals surface area contributed by atoms with Gasteiger partial charge in [-0.05, 0) is 32.1 Å². The van der Waals surface area contributed by atoms with Crippen molar-refractivity contribution in [1.82, 2.24) is 4.90 Å². The molecular formula is C11H19NO3. The smallest absolute Gasteiger partial charge is 0.409 e. The average Bonchev–Trinajstić information content (AvgIpc) is 2.27. The van der Waals surface area contributed by atoms with E-state index in [-0.39, 0.29) is 6.09 Å². The van der Waals surface area contributed by atoms with Crippen LogP contribution in [-0.4, -0.2) is 37.0 Å². The highest BCUT2D eigenvalue weighted by molar-refractivity contribution is 5.67. The molecule has 4 nitrogen and oxygen atoms in total. The summed E-state index contributed by atoms with van der Waals surface area (Å²) in [7, 11) is 0. The van der Waals surface area contributed by atoms with Crippen LogP contribution in [0.2, 0.25) is 0 Å². The van der Waals surface area contributed by atoms with Crippen molar-refractivity contribution in [3.63, 3.8) is 0 Å². The molecule has 0 atom stereocenters. The van der Waals surface area contributed by atoms with Gasteiger partial charge in [-0.2, -0.15) is 0 Å². The van der Waals surface area contributed by atoms with Crippen LogP contribution >= 0.6 is 0 Å². The Kier molecular flexibility index (Phi) is 5.15. The quantitative estimate of drug-likeness (QED) is 0.669. The van der Waals surface area contributed by atoms with Gasteiger partial charge in [0.25, 0.3) is 0 Å². The summed E-state index contributed by atoms with van der Waals surface area (Å²) in [6.07, 6.45) is 4.35. The van der Waals surface area contributed by atoms with E-state index in [0.29, 0.717) is 18.9 Å². The minimum atomic E-state index is -0.202. The Labute approximate surface area is 90.6 Å². The van der Waals surface area contributed by atoms with Crippen LogP contribution in [0.1, 0.15) is 32.6 Å². The second kappa shape index (κ2) is 6.43. The third-order valence-electron chi connectivity index (χ3n) is 2.83. The number of amides is 1. The zero-order chi connectivity index (χ0) is 11.1. The predicted molar refractivity (Wildman–Crippen MR) is 56.6 cm³/mol. The molecule has 4 heteroatoms. The van der Waals surface area contributed by atoms with E-state index in [1.807, 2.05) is 6.92 Å². The summed E-state index contributed by atoms with van der Waals surface area (Å²) in [5.74, 6) is 0.598. The zero-order valence-corrected chi connectivity index (χ0v) is 9.28. The number of rotatable bonds is 4. The molecule has 1 aliphatic heterocycles. The largest absolute Gasteiger partial charge is 0.450 e. The normalized spacial score (nSPS) is 17.5. The van der Waals surface area contributed by atoms with Crippen LogP contribution in [0.5, 0.6) is 0 Å². The molecule has 1 aliphatic rings.